The van der Waals surface area contributed by atoms with Gasteiger partial charge in [-0.25, -0.2) is 0 Å². The van der Waals surface area contributed by atoms with Gasteiger partial charge < -0.3 is 16.0 Å². The summed E-state index contributed by atoms with van der Waals surface area (Å²) in [5.74, 6) is -0.703. The van der Waals surface area contributed by atoms with Gasteiger partial charge in [0.2, 0.25) is 11.8 Å². The summed E-state index contributed by atoms with van der Waals surface area (Å²) in [5.41, 5.74) is 8.53. The highest BCUT2D eigenvalue weighted by Gasteiger charge is 2.20. The molecule has 0 saturated heterocycles. The number of nitrogens with one attached hydrogen (secondary N) is 2. The van der Waals surface area contributed by atoms with Crippen LogP contribution < -0.4 is 11.1 Å². The fourth-order valence-electron chi connectivity index (χ4n) is 2.91. The number of benzene rings is 2. The van der Waals surface area contributed by atoms with Crippen LogP contribution in [-0.4, -0.2) is 22.8 Å². The average molecular weight is 335 g/mol. The van der Waals surface area contributed by atoms with Gasteiger partial charge in [-0.3, -0.25) is 9.59 Å². The van der Waals surface area contributed by atoms with Crippen LogP contribution in [0.2, 0.25) is 0 Å². The summed E-state index contributed by atoms with van der Waals surface area (Å²) in [4.78, 5) is 27.1. The zero-order valence-corrected chi connectivity index (χ0v) is 13.9. The van der Waals surface area contributed by atoms with Crippen LogP contribution in [0.4, 0.5) is 0 Å². The second-order valence-electron chi connectivity index (χ2n) is 6.07. The minimum atomic E-state index is -0.720. The lowest BCUT2D eigenvalue weighted by Crippen LogP contribution is -2.45. The third kappa shape index (κ3) is 4.26. The van der Waals surface area contributed by atoms with Gasteiger partial charge in [0.05, 0.1) is 0 Å². The molecule has 0 bridgehead atoms. The van der Waals surface area contributed by atoms with Crippen molar-refractivity contribution in [3.63, 3.8) is 0 Å². The second-order valence-corrected chi connectivity index (χ2v) is 6.07. The molecule has 0 saturated carbocycles. The minimum absolute atomic E-state index is 0.174. The van der Waals surface area contributed by atoms with E-state index in [9.17, 15) is 9.59 Å². The molecule has 1 atom stereocenters. The highest BCUT2D eigenvalue weighted by Crippen LogP contribution is 2.19. The predicted octanol–water partition coefficient (Wildman–Crippen LogP) is 2.31. The van der Waals surface area contributed by atoms with E-state index in [2.05, 4.69) is 10.3 Å². The lowest BCUT2D eigenvalue weighted by molar-refractivity contribution is -0.127. The number of fused-ring (bicyclic) bond motifs is 1. The van der Waals surface area contributed by atoms with Crippen LogP contribution in [0.15, 0.2) is 60.8 Å². The van der Waals surface area contributed by atoms with Crippen molar-refractivity contribution in [2.24, 2.45) is 5.73 Å². The summed E-state index contributed by atoms with van der Waals surface area (Å²) in [6, 6.07) is 16.9. The molecule has 2 amide bonds. The number of nitrogens with two attached hydrogens (primary N) is 1. The number of aromatic nitrogens is 1. The van der Waals surface area contributed by atoms with Gasteiger partial charge in [0.1, 0.15) is 6.04 Å². The van der Waals surface area contributed by atoms with Gasteiger partial charge in [0.15, 0.2) is 0 Å². The van der Waals surface area contributed by atoms with Gasteiger partial charge in [-0.2, -0.15) is 0 Å². The van der Waals surface area contributed by atoms with Crippen LogP contribution in [0.5, 0.6) is 0 Å². The Morgan fingerprint density at radius 1 is 1.04 bits per heavy atom. The summed E-state index contributed by atoms with van der Waals surface area (Å²) in [6.45, 7) is 0. The number of carbonyl (C=O) groups is 2. The number of rotatable bonds is 7. The van der Waals surface area contributed by atoms with E-state index in [1.165, 1.54) is 0 Å². The van der Waals surface area contributed by atoms with Gasteiger partial charge in [-0.05, 0) is 23.6 Å². The third-order valence-corrected chi connectivity index (χ3v) is 4.26. The van der Waals surface area contributed by atoms with Crippen LogP contribution in [0.1, 0.15) is 17.5 Å². The van der Waals surface area contributed by atoms with Crippen molar-refractivity contribution in [1.82, 2.24) is 10.3 Å². The van der Waals surface area contributed by atoms with Crippen molar-refractivity contribution in [2.45, 2.75) is 25.3 Å². The van der Waals surface area contributed by atoms with E-state index >= 15 is 0 Å². The van der Waals surface area contributed by atoms with Crippen molar-refractivity contribution in [3.05, 3.63) is 71.9 Å². The first kappa shape index (κ1) is 16.8. The topological polar surface area (TPSA) is 88.0 Å². The molecule has 128 valence electrons. The molecule has 0 fully saturated rings. The van der Waals surface area contributed by atoms with Crippen molar-refractivity contribution in [3.8, 4) is 0 Å². The monoisotopic (exact) mass is 335 g/mol. The molecule has 5 nitrogen and oxygen atoms in total. The van der Waals surface area contributed by atoms with Crippen LogP contribution in [0.3, 0.4) is 0 Å². The zero-order chi connectivity index (χ0) is 17.6. The van der Waals surface area contributed by atoms with Gasteiger partial charge in [-0.15, -0.1) is 0 Å². The standard InChI is InChI=1S/C20H21N3O2/c21-20(25)18(12-15-13-22-17-9-5-4-8-16(15)17)23-19(24)11-10-14-6-2-1-3-7-14/h1-9,13,18,22H,10-12H2,(H2,21,25)(H,23,24)/t18-/m1/s1. The van der Waals surface area contributed by atoms with Gasteiger partial charge in [0.25, 0.3) is 0 Å². The van der Waals surface area contributed by atoms with Crippen molar-refractivity contribution >= 4 is 22.7 Å². The number of primary amides is 1. The Hall–Kier alpha value is -3.08. The highest BCUT2D eigenvalue weighted by molar-refractivity contribution is 5.88. The molecule has 1 heterocycles. The molecule has 3 rings (SSSR count). The Balaban J connectivity index is 1.63. The number of aromatic amines is 1. The molecule has 0 unspecified atom stereocenters. The van der Waals surface area contributed by atoms with Crippen LogP contribution in [-0.2, 0) is 22.4 Å². The van der Waals surface area contributed by atoms with E-state index in [4.69, 9.17) is 5.73 Å². The van der Waals surface area contributed by atoms with E-state index in [1.54, 1.807) is 0 Å². The molecular weight excluding hydrogens is 314 g/mol. The van der Waals surface area contributed by atoms with E-state index in [0.717, 1.165) is 22.0 Å². The van der Waals surface area contributed by atoms with E-state index in [0.29, 0.717) is 19.3 Å². The summed E-state index contributed by atoms with van der Waals surface area (Å²) < 4.78 is 0. The second kappa shape index (κ2) is 7.66. The minimum Gasteiger partial charge on any atom is -0.368 e. The quantitative estimate of drug-likeness (QED) is 0.619. The normalized spacial score (nSPS) is 12.0. The number of H-pyrrole nitrogens is 1. The number of carbonyl (C=O) groups excluding carboxylic acids is 2. The molecule has 1 aromatic heterocycles. The lowest BCUT2D eigenvalue weighted by Gasteiger charge is -2.15. The first-order chi connectivity index (χ1) is 12.1. The Labute approximate surface area is 146 Å². The summed E-state index contributed by atoms with van der Waals surface area (Å²) >= 11 is 0. The number of hydrogen-bond donors (Lipinski definition) is 3. The van der Waals surface area contributed by atoms with Gasteiger partial charge >= 0.3 is 0 Å². The number of hydrogen-bond acceptors (Lipinski definition) is 2. The van der Waals surface area contributed by atoms with Crippen molar-refractivity contribution in [2.75, 3.05) is 0 Å². The van der Waals surface area contributed by atoms with Crippen molar-refractivity contribution in [1.29, 1.82) is 0 Å². The molecule has 0 aliphatic carbocycles. The number of aryl methyl sites for hydroxylation is 1. The van der Waals surface area contributed by atoms with Crippen molar-refractivity contribution < 1.29 is 9.59 Å². The van der Waals surface area contributed by atoms with E-state index in [1.807, 2.05) is 60.8 Å². The fourth-order valence-corrected chi connectivity index (χ4v) is 2.91. The maximum Gasteiger partial charge on any atom is 0.240 e. The summed E-state index contributed by atoms with van der Waals surface area (Å²) in [6.07, 6.45) is 3.18. The van der Waals surface area contributed by atoms with E-state index in [-0.39, 0.29) is 5.91 Å². The van der Waals surface area contributed by atoms with Crippen LogP contribution >= 0.6 is 0 Å². The predicted molar refractivity (Wildman–Crippen MR) is 97.9 cm³/mol. The zero-order valence-electron chi connectivity index (χ0n) is 13.9. The number of para-hydroxylation sites is 1. The van der Waals surface area contributed by atoms with Gasteiger partial charge in [-0.1, -0.05) is 48.5 Å². The fraction of sp³-hybridized carbons (Fsp3) is 0.200. The Morgan fingerprint density at radius 2 is 1.76 bits per heavy atom. The van der Waals surface area contributed by atoms with Crippen LogP contribution in [0.25, 0.3) is 10.9 Å². The largest absolute Gasteiger partial charge is 0.368 e. The van der Waals surface area contributed by atoms with Crippen LogP contribution in [0, 0.1) is 0 Å². The maximum atomic E-state index is 12.2. The third-order valence-electron chi connectivity index (χ3n) is 4.26. The van der Waals surface area contributed by atoms with E-state index < -0.39 is 11.9 Å². The highest BCUT2D eigenvalue weighted by atomic mass is 16.2. The summed E-state index contributed by atoms with van der Waals surface area (Å²) in [5, 5.41) is 3.80. The molecule has 25 heavy (non-hydrogen) atoms. The molecule has 0 radical (unpaired) electrons. The maximum absolute atomic E-state index is 12.2. The average Bonchev–Trinajstić information content (AvgIpc) is 3.03. The molecule has 0 aliphatic rings. The smallest absolute Gasteiger partial charge is 0.240 e. The first-order valence-electron chi connectivity index (χ1n) is 8.31. The molecule has 2 aromatic carbocycles. The first-order valence-corrected chi connectivity index (χ1v) is 8.31. The van der Waals surface area contributed by atoms with Gasteiger partial charge in [0, 0.05) is 29.9 Å². The Bertz CT molecular complexity index is 871. The molecule has 0 aliphatic heterocycles. The number of amides is 2. The Kier molecular flexibility index (Phi) is 5.14. The summed E-state index contributed by atoms with van der Waals surface area (Å²) in [7, 11) is 0. The molecular formula is C20H21N3O2. The Morgan fingerprint density at radius 3 is 2.52 bits per heavy atom. The lowest BCUT2D eigenvalue weighted by atomic mass is 10.0. The molecule has 3 aromatic rings. The molecule has 0 spiro atoms. The SMILES string of the molecule is NC(=O)[C@@H](Cc1c[nH]c2ccccc12)NC(=O)CCc1ccccc1. The molecule has 4 N–H and O–H groups in total. The molecule has 5 heteroatoms.